The largest absolute Gasteiger partial charge is 0.303 e. The van der Waals surface area contributed by atoms with Gasteiger partial charge in [-0.15, -0.1) is 5.70 Å². The number of hydrogen-bond acceptors (Lipinski definition) is 1. The zero-order chi connectivity index (χ0) is 10.9. The van der Waals surface area contributed by atoms with Crippen molar-refractivity contribution >= 4 is 9.52 Å². The fraction of sp³-hybridized carbons (Fsp3) is 0.846. The molecule has 1 fully saturated rings. The first-order valence-electron chi connectivity index (χ1n) is 6.77. The Balaban J connectivity index is 2.37. The molecule has 0 aromatic rings. The number of hydrogen-bond donors (Lipinski definition) is 0. The molecule has 1 aliphatic rings. The van der Waals surface area contributed by atoms with Crippen molar-refractivity contribution in [3.63, 3.8) is 0 Å². The first-order valence-corrected chi connectivity index (χ1v) is 8.40. The predicted molar refractivity (Wildman–Crippen MR) is 72.1 cm³/mol. The molecule has 0 aromatic carbocycles. The van der Waals surface area contributed by atoms with Gasteiger partial charge in [-0.1, -0.05) is 32.8 Å². The van der Waals surface area contributed by atoms with Gasteiger partial charge in [-0.2, -0.15) is 0 Å². The fourth-order valence-corrected chi connectivity index (χ4v) is 4.29. The van der Waals surface area contributed by atoms with E-state index in [1.807, 2.05) is 0 Å². The van der Waals surface area contributed by atoms with Crippen LogP contribution in [0.1, 0.15) is 52.4 Å². The SMILES string of the molecule is CCC=C[SiH2]C(CC)N1CCCCCC1. The molecule has 2 heteroatoms. The first-order chi connectivity index (χ1) is 7.38. The third kappa shape index (κ3) is 4.98. The molecule has 1 unspecified atom stereocenters. The maximum Gasteiger partial charge on any atom is 0.0646 e. The highest BCUT2D eigenvalue weighted by molar-refractivity contribution is 6.44. The van der Waals surface area contributed by atoms with Crippen molar-refractivity contribution in [1.82, 2.24) is 4.90 Å². The molecule has 0 aromatic heterocycles. The molecule has 0 aliphatic carbocycles. The lowest BCUT2D eigenvalue weighted by Gasteiger charge is -2.28. The van der Waals surface area contributed by atoms with E-state index in [9.17, 15) is 0 Å². The second-order valence-corrected chi connectivity index (χ2v) is 6.51. The number of likely N-dealkylation sites (tertiary alicyclic amines) is 1. The third-order valence-corrected chi connectivity index (χ3v) is 5.68. The first kappa shape index (κ1) is 13.0. The molecule has 1 aliphatic heterocycles. The Labute approximate surface area is 97.8 Å². The summed E-state index contributed by atoms with van der Waals surface area (Å²) in [5.41, 5.74) is 3.45. The molecule has 1 saturated heterocycles. The Hall–Kier alpha value is -0.0831. The lowest BCUT2D eigenvalue weighted by atomic mass is 10.2. The Kier molecular flexibility index (Phi) is 7.02. The van der Waals surface area contributed by atoms with E-state index < -0.39 is 0 Å². The minimum absolute atomic E-state index is 0.000633. The van der Waals surface area contributed by atoms with Gasteiger partial charge in [0, 0.05) is 5.67 Å². The van der Waals surface area contributed by atoms with E-state index in [1.165, 1.54) is 51.6 Å². The van der Waals surface area contributed by atoms with Crippen molar-refractivity contribution in [3.8, 4) is 0 Å². The fourth-order valence-electron chi connectivity index (χ4n) is 2.45. The molecular formula is C13H27NSi. The number of allylic oxidation sites excluding steroid dienone is 1. The Morgan fingerprint density at radius 2 is 1.80 bits per heavy atom. The summed E-state index contributed by atoms with van der Waals surface area (Å²) in [7, 11) is -0.000633. The summed E-state index contributed by atoms with van der Waals surface area (Å²) >= 11 is 0. The van der Waals surface area contributed by atoms with Crippen LogP contribution in [-0.2, 0) is 0 Å². The predicted octanol–water partition coefficient (Wildman–Crippen LogP) is 2.69. The van der Waals surface area contributed by atoms with Gasteiger partial charge in [0.15, 0.2) is 0 Å². The molecule has 1 heterocycles. The van der Waals surface area contributed by atoms with Crippen LogP contribution >= 0.6 is 0 Å². The van der Waals surface area contributed by atoms with Gasteiger partial charge in [-0.25, -0.2) is 0 Å². The van der Waals surface area contributed by atoms with Gasteiger partial charge in [0.1, 0.15) is 0 Å². The van der Waals surface area contributed by atoms with Crippen molar-refractivity contribution in [2.24, 2.45) is 0 Å². The second-order valence-electron chi connectivity index (χ2n) is 4.63. The molecule has 1 rings (SSSR count). The molecule has 1 nitrogen and oxygen atoms in total. The molecule has 0 N–H and O–H groups in total. The number of rotatable bonds is 5. The highest BCUT2D eigenvalue weighted by Gasteiger charge is 2.16. The third-order valence-electron chi connectivity index (χ3n) is 3.44. The molecule has 0 spiro atoms. The van der Waals surface area contributed by atoms with Crippen LogP contribution in [0.25, 0.3) is 0 Å². The summed E-state index contributed by atoms with van der Waals surface area (Å²) in [6, 6.07) is 0. The monoisotopic (exact) mass is 225 g/mol. The summed E-state index contributed by atoms with van der Waals surface area (Å²) in [5, 5.41) is 0. The lowest BCUT2D eigenvalue weighted by molar-refractivity contribution is 0.254. The van der Waals surface area contributed by atoms with Gasteiger partial charge in [0.2, 0.25) is 0 Å². The summed E-state index contributed by atoms with van der Waals surface area (Å²) in [5.74, 6) is 0. The van der Waals surface area contributed by atoms with Crippen molar-refractivity contribution in [1.29, 1.82) is 0 Å². The molecule has 0 bridgehead atoms. The van der Waals surface area contributed by atoms with E-state index in [-0.39, 0.29) is 9.52 Å². The minimum atomic E-state index is -0.000633. The Bertz CT molecular complexity index is 171. The van der Waals surface area contributed by atoms with E-state index in [2.05, 4.69) is 30.5 Å². The van der Waals surface area contributed by atoms with Crippen LogP contribution in [-0.4, -0.2) is 33.2 Å². The van der Waals surface area contributed by atoms with Gasteiger partial charge in [0.25, 0.3) is 0 Å². The molecule has 1 atom stereocenters. The van der Waals surface area contributed by atoms with Gasteiger partial charge in [-0.3, -0.25) is 0 Å². The highest BCUT2D eigenvalue weighted by Crippen LogP contribution is 2.13. The molecule has 88 valence electrons. The van der Waals surface area contributed by atoms with Crippen molar-refractivity contribution in [2.75, 3.05) is 13.1 Å². The van der Waals surface area contributed by atoms with Gasteiger partial charge >= 0.3 is 0 Å². The van der Waals surface area contributed by atoms with Crippen LogP contribution in [0.15, 0.2) is 11.8 Å². The summed E-state index contributed by atoms with van der Waals surface area (Å²) in [4.78, 5) is 2.78. The van der Waals surface area contributed by atoms with E-state index in [0.717, 1.165) is 5.67 Å². The van der Waals surface area contributed by atoms with E-state index in [1.54, 1.807) is 0 Å². The van der Waals surface area contributed by atoms with Crippen LogP contribution in [0.4, 0.5) is 0 Å². The van der Waals surface area contributed by atoms with Gasteiger partial charge < -0.3 is 4.90 Å². The van der Waals surface area contributed by atoms with Crippen LogP contribution in [0.2, 0.25) is 0 Å². The highest BCUT2D eigenvalue weighted by atomic mass is 28.2. The van der Waals surface area contributed by atoms with Crippen LogP contribution in [0.3, 0.4) is 0 Å². The maximum absolute atomic E-state index is 2.78. The average Bonchev–Trinajstić information content (AvgIpc) is 2.53. The second kappa shape index (κ2) is 8.11. The molecular weight excluding hydrogens is 198 g/mol. The quantitative estimate of drug-likeness (QED) is 0.650. The lowest BCUT2D eigenvalue weighted by Crippen LogP contribution is -2.39. The van der Waals surface area contributed by atoms with Crippen molar-refractivity contribution < 1.29 is 0 Å². The molecule has 15 heavy (non-hydrogen) atoms. The van der Waals surface area contributed by atoms with Crippen molar-refractivity contribution in [2.45, 2.75) is 58.0 Å². The smallest absolute Gasteiger partial charge is 0.0646 e. The van der Waals surface area contributed by atoms with Crippen LogP contribution in [0, 0.1) is 0 Å². The van der Waals surface area contributed by atoms with Crippen LogP contribution < -0.4 is 0 Å². The standard InChI is InChI=1S/C13H27NSi/c1-3-5-12-15-13(4-2)14-10-8-6-7-9-11-14/h5,12-13H,3-4,6-11,15H2,1-2H3. The minimum Gasteiger partial charge on any atom is -0.303 e. The molecule has 0 saturated carbocycles. The van der Waals surface area contributed by atoms with E-state index in [0.29, 0.717) is 0 Å². The number of nitrogens with zero attached hydrogens (tertiary/aromatic N) is 1. The van der Waals surface area contributed by atoms with E-state index in [4.69, 9.17) is 0 Å². The Morgan fingerprint density at radius 3 is 2.33 bits per heavy atom. The summed E-state index contributed by atoms with van der Waals surface area (Å²) in [6.45, 7) is 7.33. The summed E-state index contributed by atoms with van der Waals surface area (Å²) in [6.07, 6.45) is 10.7. The molecule has 0 radical (unpaired) electrons. The average molecular weight is 225 g/mol. The van der Waals surface area contributed by atoms with Gasteiger partial charge in [-0.05, 0) is 38.8 Å². The van der Waals surface area contributed by atoms with Gasteiger partial charge in [0.05, 0.1) is 9.52 Å². The zero-order valence-corrected chi connectivity index (χ0v) is 12.0. The van der Waals surface area contributed by atoms with Crippen molar-refractivity contribution in [3.05, 3.63) is 11.8 Å². The maximum atomic E-state index is 2.78. The van der Waals surface area contributed by atoms with Crippen LogP contribution in [0.5, 0.6) is 0 Å². The summed E-state index contributed by atoms with van der Waals surface area (Å²) < 4.78 is 0. The zero-order valence-electron chi connectivity index (χ0n) is 10.5. The van der Waals surface area contributed by atoms with E-state index >= 15 is 0 Å². The Morgan fingerprint density at radius 1 is 1.13 bits per heavy atom. The topological polar surface area (TPSA) is 3.24 Å². The molecule has 0 amide bonds. The normalized spacial score (nSPS) is 22.5.